The standard InChI is InChI=1S/C13H24N4O2/c1-5-11(6-2)16-13(18)9(3)14-8-7-12-15-10(4)17-19-12/h9,11,14H,5-8H2,1-4H3,(H,16,18). The number of amides is 1. The molecule has 0 spiro atoms. The maximum Gasteiger partial charge on any atom is 0.237 e. The summed E-state index contributed by atoms with van der Waals surface area (Å²) in [6.45, 7) is 8.43. The van der Waals surface area contributed by atoms with E-state index in [0.717, 1.165) is 12.8 Å². The van der Waals surface area contributed by atoms with Gasteiger partial charge in [-0.05, 0) is 26.7 Å². The molecule has 19 heavy (non-hydrogen) atoms. The molecule has 0 aliphatic rings. The minimum atomic E-state index is -0.218. The quantitative estimate of drug-likeness (QED) is 0.740. The number of rotatable bonds is 8. The van der Waals surface area contributed by atoms with Crippen LogP contribution in [0.25, 0.3) is 0 Å². The van der Waals surface area contributed by atoms with Gasteiger partial charge in [0.05, 0.1) is 6.04 Å². The van der Waals surface area contributed by atoms with Gasteiger partial charge in [0.2, 0.25) is 11.8 Å². The number of nitrogens with one attached hydrogen (secondary N) is 2. The molecule has 0 bridgehead atoms. The first-order chi connectivity index (χ1) is 9.06. The third-order valence-electron chi connectivity index (χ3n) is 3.08. The molecule has 0 saturated heterocycles. The molecule has 0 aromatic carbocycles. The monoisotopic (exact) mass is 268 g/mol. The second-order valence-corrected chi connectivity index (χ2v) is 4.68. The summed E-state index contributed by atoms with van der Waals surface area (Å²) in [5.74, 6) is 1.27. The summed E-state index contributed by atoms with van der Waals surface area (Å²) in [5.41, 5.74) is 0. The molecule has 1 rings (SSSR count). The molecular formula is C13H24N4O2. The summed E-state index contributed by atoms with van der Waals surface area (Å²) in [7, 11) is 0. The molecule has 0 fully saturated rings. The fraction of sp³-hybridized carbons (Fsp3) is 0.769. The molecule has 6 heteroatoms. The largest absolute Gasteiger partial charge is 0.352 e. The minimum Gasteiger partial charge on any atom is -0.352 e. The zero-order chi connectivity index (χ0) is 14.3. The molecule has 1 amide bonds. The Kier molecular flexibility index (Phi) is 6.49. The summed E-state index contributed by atoms with van der Waals surface area (Å²) in [6.07, 6.45) is 2.54. The van der Waals surface area contributed by atoms with Gasteiger partial charge in [0, 0.05) is 19.0 Å². The van der Waals surface area contributed by atoms with Crippen molar-refractivity contribution in [2.75, 3.05) is 6.54 Å². The van der Waals surface area contributed by atoms with Gasteiger partial charge in [-0.1, -0.05) is 19.0 Å². The second-order valence-electron chi connectivity index (χ2n) is 4.68. The molecule has 1 heterocycles. The molecule has 6 nitrogen and oxygen atoms in total. The van der Waals surface area contributed by atoms with Gasteiger partial charge in [-0.3, -0.25) is 4.79 Å². The van der Waals surface area contributed by atoms with Crippen molar-refractivity contribution in [3.8, 4) is 0 Å². The first-order valence-electron chi connectivity index (χ1n) is 6.89. The zero-order valence-corrected chi connectivity index (χ0v) is 12.2. The van der Waals surface area contributed by atoms with Crippen LogP contribution in [0.4, 0.5) is 0 Å². The molecule has 108 valence electrons. The van der Waals surface area contributed by atoms with E-state index in [1.165, 1.54) is 0 Å². The molecule has 0 radical (unpaired) electrons. The zero-order valence-electron chi connectivity index (χ0n) is 12.2. The minimum absolute atomic E-state index is 0.0374. The van der Waals surface area contributed by atoms with Crippen molar-refractivity contribution in [2.45, 2.75) is 59.0 Å². The lowest BCUT2D eigenvalue weighted by atomic mass is 10.1. The Balaban J connectivity index is 2.26. The van der Waals surface area contributed by atoms with Crippen LogP contribution in [-0.2, 0) is 11.2 Å². The number of hydrogen-bond donors (Lipinski definition) is 2. The Morgan fingerprint density at radius 2 is 2.05 bits per heavy atom. The molecule has 1 atom stereocenters. The van der Waals surface area contributed by atoms with E-state index in [2.05, 4.69) is 34.6 Å². The van der Waals surface area contributed by atoms with Crippen molar-refractivity contribution in [3.63, 3.8) is 0 Å². The second kappa shape index (κ2) is 7.89. The molecule has 1 aromatic rings. The highest BCUT2D eigenvalue weighted by molar-refractivity contribution is 5.81. The van der Waals surface area contributed by atoms with Gasteiger partial charge >= 0.3 is 0 Å². The first-order valence-corrected chi connectivity index (χ1v) is 6.89. The van der Waals surface area contributed by atoms with E-state index in [4.69, 9.17) is 4.52 Å². The summed E-state index contributed by atoms with van der Waals surface area (Å²) in [4.78, 5) is 16.0. The predicted molar refractivity (Wildman–Crippen MR) is 72.7 cm³/mol. The summed E-state index contributed by atoms with van der Waals surface area (Å²) >= 11 is 0. The van der Waals surface area contributed by atoms with Crippen molar-refractivity contribution in [1.29, 1.82) is 0 Å². The number of aryl methyl sites for hydroxylation is 1. The van der Waals surface area contributed by atoms with Crippen LogP contribution in [-0.4, -0.2) is 34.7 Å². The highest BCUT2D eigenvalue weighted by Crippen LogP contribution is 1.98. The Hall–Kier alpha value is -1.43. The Morgan fingerprint density at radius 3 is 2.58 bits per heavy atom. The van der Waals surface area contributed by atoms with Gasteiger partial charge in [-0.2, -0.15) is 4.98 Å². The van der Waals surface area contributed by atoms with Gasteiger partial charge in [0.25, 0.3) is 0 Å². The van der Waals surface area contributed by atoms with Crippen molar-refractivity contribution < 1.29 is 9.32 Å². The van der Waals surface area contributed by atoms with E-state index in [9.17, 15) is 4.79 Å². The Morgan fingerprint density at radius 1 is 1.37 bits per heavy atom. The summed E-state index contributed by atoms with van der Waals surface area (Å²) < 4.78 is 5.00. The number of aromatic nitrogens is 2. The number of carbonyl (C=O) groups is 1. The average molecular weight is 268 g/mol. The van der Waals surface area contributed by atoms with Crippen molar-refractivity contribution in [2.24, 2.45) is 0 Å². The SMILES string of the molecule is CCC(CC)NC(=O)C(C)NCCc1nc(C)no1. The normalized spacial score (nSPS) is 12.7. The number of hydrogen-bond acceptors (Lipinski definition) is 5. The predicted octanol–water partition coefficient (Wildman–Crippen LogP) is 1.20. The van der Waals surface area contributed by atoms with Gasteiger partial charge < -0.3 is 15.2 Å². The lowest BCUT2D eigenvalue weighted by Crippen LogP contribution is -2.46. The van der Waals surface area contributed by atoms with E-state index in [-0.39, 0.29) is 18.0 Å². The lowest BCUT2D eigenvalue weighted by Gasteiger charge is -2.19. The molecular weight excluding hydrogens is 244 g/mol. The van der Waals surface area contributed by atoms with Crippen LogP contribution < -0.4 is 10.6 Å². The van der Waals surface area contributed by atoms with Crippen molar-refractivity contribution in [3.05, 3.63) is 11.7 Å². The van der Waals surface area contributed by atoms with Crippen LogP contribution in [0.5, 0.6) is 0 Å². The van der Waals surface area contributed by atoms with Gasteiger partial charge in [-0.15, -0.1) is 0 Å². The molecule has 1 unspecified atom stereocenters. The van der Waals surface area contributed by atoms with Crippen molar-refractivity contribution >= 4 is 5.91 Å². The topological polar surface area (TPSA) is 80.0 Å². The molecule has 2 N–H and O–H groups in total. The van der Waals surface area contributed by atoms with Crippen LogP contribution >= 0.6 is 0 Å². The Labute approximate surface area is 114 Å². The highest BCUT2D eigenvalue weighted by atomic mass is 16.5. The van der Waals surface area contributed by atoms with Gasteiger partial charge in [0.1, 0.15) is 0 Å². The van der Waals surface area contributed by atoms with Crippen LogP contribution in [0.1, 0.15) is 45.3 Å². The van der Waals surface area contributed by atoms with E-state index in [0.29, 0.717) is 24.7 Å². The smallest absolute Gasteiger partial charge is 0.237 e. The van der Waals surface area contributed by atoms with E-state index < -0.39 is 0 Å². The third-order valence-corrected chi connectivity index (χ3v) is 3.08. The Bertz CT molecular complexity index is 388. The maximum absolute atomic E-state index is 11.9. The van der Waals surface area contributed by atoms with Gasteiger partial charge in [-0.25, -0.2) is 0 Å². The summed E-state index contributed by atoms with van der Waals surface area (Å²) in [5, 5.41) is 9.89. The van der Waals surface area contributed by atoms with E-state index in [1.54, 1.807) is 6.92 Å². The number of nitrogens with zero attached hydrogens (tertiary/aromatic N) is 2. The number of carbonyl (C=O) groups excluding carboxylic acids is 1. The van der Waals surface area contributed by atoms with Crippen LogP contribution in [0, 0.1) is 6.92 Å². The van der Waals surface area contributed by atoms with E-state index >= 15 is 0 Å². The first kappa shape index (κ1) is 15.6. The van der Waals surface area contributed by atoms with Crippen LogP contribution in [0.3, 0.4) is 0 Å². The fourth-order valence-electron chi connectivity index (χ4n) is 1.75. The third kappa shape index (κ3) is 5.38. The van der Waals surface area contributed by atoms with E-state index in [1.807, 2.05) is 6.92 Å². The lowest BCUT2D eigenvalue weighted by molar-refractivity contribution is -0.123. The maximum atomic E-state index is 11.9. The molecule has 0 aliphatic carbocycles. The van der Waals surface area contributed by atoms with Crippen LogP contribution in [0.15, 0.2) is 4.52 Å². The summed E-state index contributed by atoms with van der Waals surface area (Å²) in [6, 6.07) is 0.0416. The average Bonchev–Trinajstić information content (AvgIpc) is 2.81. The molecule has 0 aliphatic heterocycles. The van der Waals surface area contributed by atoms with Crippen molar-refractivity contribution in [1.82, 2.24) is 20.8 Å². The van der Waals surface area contributed by atoms with Crippen LogP contribution in [0.2, 0.25) is 0 Å². The molecule has 1 aromatic heterocycles. The van der Waals surface area contributed by atoms with Gasteiger partial charge in [0.15, 0.2) is 5.82 Å². The highest BCUT2D eigenvalue weighted by Gasteiger charge is 2.15. The fourth-order valence-corrected chi connectivity index (χ4v) is 1.75. The molecule has 0 saturated carbocycles.